The maximum absolute atomic E-state index is 13.8. The molecule has 1 amide bonds. The lowest BCUT2D eigenvalue weighted by Gasteiger charge is -2.42. The second-order valence-corrected chi connectivity index (χ2v) is 14.4. The van der Waals surface area contributed by atoms with Gasteiger partial charge in [-0.1, -0.05) is 12.2 Å². The number of allylic oxidation sites excluding steroid dienone is 1. The zero-order valence-electron chi connectivity index (χ0n) is 18.9. The molecule has 2 bridgehead atoms. The lowest BCUT2D eigenvalue weighted by atomic mass is 9.80. The zero-order chi connectivity index (χ0) is 25.4. The Morgan fingerprint density at radius 2 is 2.06 bits per heavy atom. The lowest BCUT2D eigenvalue weighted by molar-refractivity contribution is -0.133. The molecule has 14 heteroatoms. The summed E-state index contributed by atoms with van der Waals surface area (Å²) in [5.41, 5.74) is 1.08. The molecule has 1 saturated carbocycles. The number of fused-ring (bicyclic) bond motifs is 6. The standard InChI is InChI=1S/C22H22N4O6S4/c1-35(29,30)23-7-14-10-34-21-19(14)36(31,32)25-20(24-21)16-18(27)15-12-2-3-13(6-12)17(15)26(22(16)28)8-11-4-5-33-9-11/h2-5,9-10,12-13,15,17,23,27H,6-8H2,1H3,(H,24,25). The molecular weight excluding hydrogens is 545 g/mol. The van der Waals surface area contributed by atoms with Crippen LogP contribution < -0.4 is 10.0 Å². The van der Waals surface area contributed by atoms with Crippen LogP contribution >= 0.6 is 22.7 Å². The molecule has 0 spiro atoms. The Morgan fingerprint density at radius 1 is 1.28 bits per heavy atom. The maximum atomic E-state index is 13.8. The third-order valence-corrected chi connectivity index (χ3v) is 10.9. The van der Waals surface area contributed by atoms with Crippen molar-refractivity contribution in [3.63, 3.8) is 0 Å². The third kappa shape index (κ3) is 3.82. The highest BCUT2D eigenvalue weighted by atomic mass is 32.2. The first-order valence-corrected chi connectivity index (χ1v) is 16.3. The number of aliphatic hydroxyl groups excluding tert-OH is 1. The number of thiophene rings is 2. The maximum Gasteiger partial charge on any atom is 0.287 e. The van der Waals surface area contributed by atoms with Crippen LogP contribution in [0, 0.1) is 17.8 Å². The monoisotopic (exact) mass is 566 g/mol. The lowest BCUT2D eigenvalue weighted by Crippen LogP contribution is -2.53. The minimum Gasteiger partial charge on any atom is -0.511 e. The molecule has 2 aromatic rings. The van der Waals surface area contributed by atoms with Crippen LogP contribution in [0.3, 0.4) is 0 Å². The number of nitrogens with zero attached hydrogens (tertiary/aromatic N) is 2. The smallest absolute Gasteiger partial charge is 0.287 e. The summed E-state index contributed by atoms with van der Waals surface area (Å²) in [5, 5.41) is 19.9. The Bertz CT molecular complexity index is 1570. The zero-order valence-corrected chi connectivity index (χ0v) is 22.2. The highest BCUT2D eigenvalue weighted by Crippen LogP contribution is 2.52. The summed E-state index contributed by atoms with van der Waals surface area (Å²) in [5.74, 6) is -0.970. The molecule has 2 aliphatic heterocycles. The largest absolute Gasteiger partial charge is 0.511 e. The summed E-state index contributed by atoms with van der Waals surface area (Å²) in [7, 11) is -7.81. The SMILES string of the molecule is CS(=O)(=O)NCc1csc2c1S(=O)(=O)N=C(C1=C(O)C3C4C=CC(C4)C3N(Cc3ccsc3)C1=O)N2. The average molecular weight is 567 g/mol. The number of hydrogen-bond acceptors (Lipinski definition) is 9. The van der Waals surface area contributed by atoms with E-state index in [1.165, 1.54) is 16.7 Å². The quantitative estimate of drug-likeness (QED) is 0.455. The molecule has 4 unspecified atom stereocenters. The van der Waals surface area contributed by atoms with Crippen molar-refractivity contribution >= 4 is 59.5 Å². The van der Waals surface area contributed by atoms with E-state index in [1.807, 2.05) is 16.8 Å². The van der Waals surface area contributed by atoms with Gasteiger partial charge in [0.25, 0.3) is 15.9 Å². The fraction of sp³-hybridized carbons (Fsp3) is 0.364. The van der Waals surface area contributed by atoms with E-state index in [2.05, 4.69) is 26.6 Å². The second kappa shape index (κ2) is 8.25. The van der Waals surface area contributed by atoms with Crippen LogP contribution in [0.1, 0.15) is 17.5 Å². The molecule has 0 saturated heterocycles. The van der Waals surface area contributed by atoms with Gasteiger partial charge >= 0.3 is 0 Å². The number of amides is 1. The fourth-order valence-electron chi connectivity index (χ4n) is 5.61. The first kappa shape index (κ1) is 23.9. The molecule has 4 heterocycles. The molecule has 2 aromatic heterocycles. The number of carbonyl (C=O) groups is 1. The highest BCUT2D eigenvalue weighted by Gasteiger charge is 2.55. The summed E-state index contributed by atoms with van der Waals surface area (Å²) >= 11 is 2.60. The van der Waals surface area contributed by atoms with Gasteiger partial charge in [0.15, 0.2) is 5.84 Å². The molecule has 0 radical (unpaired) electrons. The predicted molar refractivity (Wildman–Crippen MR) is 137 cm³/mol. The van der Waals surface area contributed by atoms with Gasteiger partial charge in [0, 0.05) is 30.6 Å². The normalized spacial score (nSPS) is 28.2. The Kier molecular flexibility index (Phi) is 5.46. The van der Waals surface area contributed by atoms with Crippen molar-refractivity contribution < 1.29 is 26.7 Å². The van der Waals surface area contributed by atoms with Crippen LogP contribution in [0.15, 0.2) is 55.0 Å². The minimum absolute atomic E-state index is 0.0554. The number of aliphatic hydroxyl groups is 1. The van der Waals surface area contributed by atoms with E-state index in [0.29, 0.717) is 6.54 Å². The van der Waals surface area contributed by atoms with Gasteiger partial charge in [0.2, 0.25) is 10.0 Å². The van der Waals surface area contributed by atoms with Gasteiger partial charge in [-0.15, -0.1) is 15.7 Å². The first-order chi connectivity index (χ1) is 17.0. The van der Waals surface area contributed by atoms with Crippen molar-refractivity contribution in [2.45, 2.75) is 30.4 Å². The first-order valence-electron chi connectivity index (χ1n) is 11.1. The van der Waals surface area contributed by atoms with E-state index in [4.69, 9.17) is 0 Å². The van der Waals surface area contributed by atoms with Gasteiger partial charge in [-0.3, -0.25) is 4.79 Å². The van der Waals surface area contributed by atoms with Crippen LogP contribution in [0.4, 0.5) is 5.00 Å². The Balaban J connectivity index is 1.40. The van der Waals surface area contributed by atoms with Crippen molar-refractivity contribution in [1.29, 1.82) is 0 Å². The van der Waals surface area contributed by atoms with E-state index in [9.17, 15) is 26.7 Å². The van der Waals surface area contributed by atoms with Crippen molar-refractivity contribution in [2.24, 2.45) is 22.2 Å². The predicted octanol–water partition coefficient (Wildman–Crippen LogP) is 2.42. The number of nitrogens with one attached hydrogen (secondary N) is 2. The van der Waals surface area contributed by atoms with Gasteiger partial charge in [-0.25, -0.2) is 13.1 Å². The van der Waals surface area contributed by atoms with E-state index >= 15 is 0 Å². The number of sulfonamides is 2. The number of rotatable bonds is 6. The summed E-state index contributed by atoms with van der Waals surface area (Å²) in [6.07, 6.45) is 5.97. The number of carbonyl (C=O) groups excluding carboxylic acids is 1. The van der Waals surface area contributed by atoms with Crippen LogP contribution in [0.2, 0.25) is 0 Å². The fourth-order valence-corrected chi connectivity index (χ4v) is 9.29. The summed E-state index contributed by atoms with van der Waals surface area (Å²) in [6, 6.07) is 1.74. The molecule has 3 N–H and O–H groups in total. The average Bonchev–Trinajstić information content (AvgIpc) is 3.58. The van der Waals surface area contributed by atoms with Crippen LogP contribution in [0.25, 0.3) is 0 Å². The topological polar surface area (TPSA) is 145 Å². The van der Waals surface area contributed by atoms with Gasteiger partial charge < -0.3 is 15.3 Å². The number of hydrogen-bond donors (Lipinski definition) is 3. The van der Waals surface area contributed by atoms with Crippen LogP contribution in [-0.2, 0) is 37.9 Å². The Morgan fingerprint density at radius 3 is 2.78 bits per heavy atom. The molecule has 6 rings (SSSR count). The molecule has 190 valence electrons. The molecule has 4 aliphatic rings. The molecule has 4 atom stereocenters. The van der Waals surface area contributed by atoms with Crippen LogP contribution in [-0.4, -0.2) is 50.9 Å². The third-order valence-electron chi connectivity index (χ3n) is 7.04. The van der Waals surface area contributed by atoms with Crippen molar-refractivity contribution in [3.8, 4) is 0 Å². The van der Waals surface area contributed by atoms with E-state index in [1.54, 1.807) is 4.90 Å². The summed E-state index contributed by atoms with van der Waals surface area (Å²) < 4.78 is 55.6. The van der Waals surface area contributed by atoms with E-state index in [0.717, 1.165) is 29.6 Å². The van der Waals surface area contributed by atoms with E-state index < -0.39 is 26.0 Å². The van der Waals surface area contributed by atoms with Gasteiger partial charge in [-0.2, -0.15) is 19.8 Å². The van der Waals surface area contributed by atoms with Gasteiger partial charge in [0.1, 0.15) is 21.2 Å². The summed E-state index contributed by atoms with van der Waals surface area (Å²) in [4.78, 5) is 15.4. The Hall–Kier alpha value is -2.52. The van der Waals surface area contributed by atoms with Crippen molar-refractivity contribution in [2.75, 3.05) is 11.6 Å². The second-order valence-electron chi connectivity index (χ2n) is 9.34. The van der Waals surface area contributed by atoms with Gasteiger partial charge in [0.05, 0.1) is 6.26 Å². The van der Waals surface area contributed by atoms with E-state index in [-0.39, 0.29) is 63.0 Å². The molecule has 36 heavy (non-hydrogen) atoms. The molecule has 0 aromatic carbocycles. The molecule has 2 aliphatic carbocycles. The molecular formula is C22H22N4O6S4. The van der Waals surface area contributed by atoms with Gasteiger partial charge in [-0.05, 0) is 46.0 Å². The van der Waals surface area contributed by atoms with Crippen molar-refractivity contribution in [1.82, 2.24) is 9.62 Å². The summed E-state index contributed by atoms with van der Waals surface area (Å²) in [6.45, 7) is 0.139. The highest BCUT2D eigenvalue weighted by molar-refractivity contribution is 7.91. The number of amidine groups is 1. The number of anilines is 1. The minimum atomic E-state index is -4.27. The van der Waals surface area contributed by atoms with Crippen molar-refractivity contribution in [3.05, 3.63) is 56.8 Å². The Labute approximate surface area is 216 Å². The molecule has 10 nitrogen and oxygen atoms in total. The van der Waals surface area contributed by atoms with Crippen LogP contribution in [0.5, 0.6) is 0 Å². The molecule has 1 fully saturated rings.